The SMILES string of the molecule is COc1ccc(Cc2c(C(F)(F)F)nn(C)c2C)c(-c2cccc(C(C)=O)c2)c1. The molecule has 0 unspecified atom stereocenters. The highest BCUT2D eigenvalue weighted by Crippen LogP contribution is 2.36. The molecule has 3 aromatic rings. The van der Waals surface area contributed by atoms with Crippen LogP contribution in [0.2, 0.25) is 0 Å². The first-order valence-electron chi connectivity index (χ1n) is 8.99. The molecule has 4 nitrogen and oxygen atoms in total. The number of carbonyl (C=O) groups is 1. The van der Waals surface area contributed by atoms with Crippen molar-refractivity contribution in [3.63, 3.8) is 0 Å². The fraction of sp³-hybridized carbons (Fsp3) is 0.273. The normalized spacial score (nSPS) is 11.6. The Morgan fingerprint density at radius 1 is 1.17 bits per heavy atom. The van der Waals surface area contributed by atoms with E-state index in [0.29, 0.717) is 28.1 Å². The Morgan fingerprint density at radius 3 is 2.52 bits per heavy atom. The summed E-state index contributed by atoms with van der Waals surface area (Å²) < 4.78 is 47.0. The molecule has 29 heavy (non-hydrogen) atoms. The smallest absolute Gasteiger partial charge is 0.435 e. The van der Waals surface area contributed by atoms with E-state index in [1.165, 1.54) is 25.8 Å². The number of ketones is 1. The lowest BCUT2D eigenvalue weighted by atomic mass is 9.92. The number of hydrogen-bond acceptors (Lipinski definition) is 3. The van der Waals surface area contributed by atoms with Gasteiger partial charge < -0.3 is 4.74 Å². The molecule has 0 bridgehead atoms. The topological polar surface area (TPSA) is 44.1 Å². The first-order chi connectivity index (χ1) is 13.6. The average Bonchev–Trinajstić information content (AvgIpc) is 2.97. The van der Waals surface area contributed by atoms with Gasteiger partial charge in [0.2, 0.25) is 0 Å². The van der Waals surface area contributed by atoms with Crippen LogP contribution in [0.1, 0.15) is 39.8 Å². The minimum Gasteiger partial charge on any atom is -0.497 e. The summed E-state index contributed by atoms with van der Waals surface area (Å²) in [5.74, 6) is 0.495. The molecule has 2 aromatic carbocycles. The van der Waals surface area contributed by atoms with Gasteiger partial charge in [-0.1, -0.05) is 24.3 Å². The summed E-state index contributed by atoms with van der Waals surface area (Å²) in [6.45, 7) is 3.09. The second kappa shape index (κ2) is 7.73. The Morgan fingerprint density at radius 2 is 1.90 bits per heavy atom. The molecule has 0 aliphatic heterocycles. The third-order valence-corrected chi connectivity index (χ3v) is 4.99. The van der Waals surface area contributed by atoms with Gasteiger partial charge >= 0.3 is 6.18 Å². The van der Waals surface area contributed by atoms with Gasteiger partial charge in [0.05, 0.1) is 7.11 Å². The fourth-order valence-corrected chi connectivity index (χ4v) is 3.29. The van der Waals surface area contributed by atoms with E-state index >= 15 is 0 Å². The van der Waals surface area contributed by atoms with Gasteiger partial charge in [-0.05, 0) is 48.7 Å². The van der Waals surface area contributed by atoms with Crippen LogP contribution in [0.15, 0.2) is 42.5 Å². The summed E-state index contributed by atoms with van der Waals surface area (Å²) in [5.41, 5.74) is 2.38. The number of ether oxygens (including phenoxy) is 1. The average molecular weight is 402 g/mol. The summed E-state index contributed by atoms with van der Waals surface area (Å²) in [5, 5.41) is 3.67. The number of methoxy groups -OCH3 is 1. The molecule has 3 rings (SSSR count). The Hall–Kier alpha value is -3.09. The van der Waals surface area contributed by atoms with Gasteiger partial charge in [-0.15, -0.1) is 0 Å². The minimum atomic E-state index is -4.54. The summed E-state index contributed by atoms with van der Waals surface area (Å²) in [6.07, 6.45) is -4.49. The van der Waals surface area contributed by atoms with Crippen molar-refractivity contribution in [3.05, 3.63) is 70.5 Å². The quantitative estimate of drug-likeness (QED) is 0.550. The second-order valence-electron chi connectivity index (χ2n) is 6.87. The molecule has 1 heterocycles. The van der Waals surface area contributed by atoms with Crippen molar-refractivity contribution in [2.24, 2.45) is 7.05 Å². The molecule has 0 saturated carbocycles. The number of carbonyl (C=O) groups excluding carboxylic acids is 1. The van der Waals surface area contributed by atoms with Crippen molar-refractivity contribution < 1.29 is 22.7 Å². The van der Waals surface area contributed by atoms with Gasteiger partial charge in [-0.2, -0.15) is 18.3 Å². The van der Waals surface area contributed by atoms with E-state index in [-0.39, 0.29) is 17.8 Å². The maximum atomic E-state index is 13.5. The van der Waals surface area contributed by atoms with Crippen molar-refractivity contribution >= 4 is 5.78 Å². The predicted molar refractivity (Wildman–Crippen MR) is 104 cm³/mol. The lowest BCUT2D eigenvalue weighted by Crippen LogP contribution is -2.10. The van der Waals surface area contributed by atoms with E-state index in [1.807, 2.05) is 6.07 Å². The molecule has 0 radical (unpaired) electrons. The predicted octanol–water partition coefficient (Wildman–Crippen LogP) is 5.22. The standard InChI is InChI=1S/C22H21F3N2O2/c1-13-19(21(22(23,24)25)26-27(13)3)11-17-8-9-18(29-4)12-20(17)16-7-5-6-15(10-16)14(2)28/h5-10,12H,11H2,1-4H3. The highest BCUT2D eigenvalue weighted by atomic mass is 19.4. The number of aryl methyl sites for hydroxylation is 1. The van der Waals surface area contributed by atoms with Crippen LogP contribution < -0.4 is 4.74 Å². The summed E-state index contributed by atoms with van der Waals surface area (Å²) >= 11 is 0. The van der Waals surface area contributed by atoms with Crippen molar-refractivity contribution in [2.75, 3.05) is 7.11 Å². The largest absolute Gasteiger partial charge is 0.497 e. The monoisotopic (exact) mass is 402 g/mol. The number of halogens is 3. The van der Waals surface area contributed by atoms with E-state index in [9.17, 15) is 18.0 Å². The van der Waals surface area contributed by atoms with Crippen LogP contribution in [0.3, 0.4) is 0 Å². The number of Topliss-reactive ketones (excluding diaryl/α,β-unsaturated/α-hetero) is 1. The number of aromatic nitrogens is 2. The van der Waals surface area contributed by atoms with Gasteiger partial charge in [0.15, 0.2) is 11.5 Å². The van der Waals surface area contributed by atoms with Crippen LogP contribution in [-0.2, 0) is 19.6 Å². The highest BCUT2D eigenvalue weighted by molar-refractivity contribution is 5.95. The second-order valence-corrected chi connectivity index (χ2v) is 6.87. The first kappa shape index (κ1) is 20.6. The number of hydrogen-bond donors (Lipinski definition) is 0. The molecule has 0 aliphatic rings. The van der Waals surface area contributed by atoms with E-state index in [0.717, 1.165) is 5.56 Å². The maximum Gasteiger partial charge on any atom is 0.435 e. The molecule has 0 fully saturated rings. The van der Waals surface area contributed by atoms with Gasteiger partial charge in [0.1, 0.15) is 5.75 Å². The highest BCUT2D eigenvalue weighted by Gasteiger charge is 2.38. The number of nitrogens with zero attached hydrogens (tertiary/aromatic N) is 2. The molecule has 7 heteroatoms. The van der Waals surface area contributed by atoms with Crippen LogP contribution >= 0.6 is 0 Å². The van der Waals surface area contributed by atoms with Gasteiger partial charge in [-0.25, -0.2) is 0 Å². The molecule has 0 atom stereocenters. The molecular weight excluding hydrogens is 381 g/mol. The van der Waals surface area contributed by atoms with Crippen LogP contribution in [0, 0.1) is 6.92 Å². The lowest BCUT2D eigenvalue weighted by Gasteiger charge is -2.14. The van der Waals surface area contributed by atoms with Crippen LogP contribution in [0.5, 0.6) is 5.75 Å². The van der Waals surface area contributed by atoms with E-state index in [1.54, 1.807) is 43.3 Å². The molecular formula is C22H21F3N2O2. The zero-order chi connectivity index (χ0) is 21.3. The number of benzene rings is 2. The third-order valence-electron chi connectivity index (χ3n) is 4.99. The molecule has 0 aliphatic carbocycles. The molecule has 0 spiro atoms. The van der Waals surface area contributed by atoms with Gasteiger partial charge in [0, 0.05) is 30.3 Å². The third kappa shape index (κ3) is 4.18. The Balaban J connectivity index is 2.16. The summed E-state index contributed by atoms with van der Waals surface area (Å²) in [6, 6.07) is 12.3. The Labute approximate surface area is 166 Å². The zero-order valence-corrected chi connectivity index (χ0v) is 16.6. The lowest BCUT2D eigenvalue weighted by molar-refractivity contribution is -0.142. The molecule has 1 aromatic heterocycles. The van der Waals surface area contributed by atoms with Gasteiger partial charge in [-0.3, -0.25) is 9.48 Å². The minimum absolute atomic E-state index is 0.0537. The van der Waals surface area contributed by atoms with Crippen LogP contribution in [-0.4, -0.2) is 22.7 Å². The first-order valence-corrected chi connectivity index (χ1v) is 8.99. The molecule has 0 amide bonds. The van der Waals surface area contributed by atoms with Crippen LogP contribution in [0.25, 0.3) is 11.1 Å². The van der Waals surface area contributed by atoms with Crippen molar-refractivity contribution in [3.8, 4) is 16.9 Å². The molecule has 152 valence electrons. The van der Waals surface area contributed by atoms with E-state index in [4.69, 9.17) is 4.74 Å². The summed E-state index contributed by atoms with van der Waals surface area (Å²) in [4.78, 5) is 11.8. The molecule has 0 saturated heterocycles. The zero-order valence-electron chi connectivity index (χ0n) is 16.6. The van der Waals surface area contributed by atoms with E-state index in [2.05, 4.69) is 5.10 Å². The maximum absolute atomic E-state index is 13.5. The van der Waals surface area contributed by atoms with E-state index < -0.39 is 11.9 Å². The summed E-state index contributed by atoms with van der Waals surface area (Å²) in [7, 11) is 3.02. The van der Waals surface area contributed by atoms with Crippen molar-refractivity contribution in [1.29, 1.82) is 0 Å². The van der Waals surface area contributed by atoms with Crippen LogP contribution in [0.4, 0.5) is 13.2 Å². The molecule has 0 N–H and O–H groups in total. The number of rotatable bonds is 5. The Kier molecular flexibility index (Phi) is 5.50. The van der Waals surface area contributed by atoms with Gasteiger partial charge in [0.25, 0.3) is 0 Å². The fourth-order valence-electron chi connectivity index (χ4n) is 3.29. The van der Waals surface area contributed by atoms with Crippen molar-refractivity contribution in [1.82, 2.24) is 9.78 Å². The van der Waals surface area contributed by atoms with Crippen molar-refractivity contribution in [2.45, 2.75) is 26.4 Å². The number of alkyl halides is 3. The Bertz CT molecular complexity index is 1070.